The maximum absolute atomic E-state index is 13.8. The Labute approximate surface area is 117 Å². The smallest absolute Gasteiger partial charge is 0.253 e. The zero-order valence-corrected chi connectivity index (χ0v) is 10.9. The minimum Gasteiger partial charge on any atom is -0.366 e. The Kier molecular flexibility index (Phi) is 3.52. The molecule has 1 unspecified atom stereocenters. The average Bonchev–Trinajstić information content (AvgIpc) is 3.00. The highest BCUT2D eigenvalue weighted by Crippen LogP contribution is 2.32. The number of aromatic nitrogens is 3. The molecule has 3 heterocycles. The van der Waals surface area contributed by atoms with E-state index in [1.807, 2.05) is 0 Å². The number of H-pyrrole nitrogens is 1. The van der Waals surface area contributed by atoms with Gasteiger partial charge < -0.3 is 9.88 Å². The van der Waals surface area contributed by atoms with Gasteiger partial charge in [-0.2, -0.15) is 22.5 Å². The number of piperidine rings is 1. The molecule has 4 nitrogen and oxygen atoms in total. The van der Waals surface area contributed by atoms with E-state index in [1.165, 1.54) is 4.90 Å². The van der Waals surface area contributed by atoms with Crippen molar-refractivity contribution in [3.05, 3.63) is 41.7 Å². The molecule has 0 amide bonds. The topological polar surface area (TPSA) is 44.8 Å². The highest BCUT2D eigenvalue weighted by Gasteiger charge is 2.30. The van der Waals surface area contributed by atoms with Gasteiger partial charge in [0.2, 0.25) is 11.6 Å². The van der Waals surface area contributed by atoms with Crippen molar-refractivity contribution in [2.24, 2.45) is 0 Å². The summed E-state index contributed by atoms with van der Waals surface area (Å²) in [6.45, 7) is 0.540. The van der Waals surface area contributed by atoms with Crippen LogP contribution in [-0.2, 0) is 0 Å². The maximum atomic E-state index is 13.8. The zero-order chi connectivity index (χ0) is 15.0. The van der Waals surface area contributed by atoms with Gasteiger partial charge in [-0.1, -0.05) is 0 Å². The summed E-state index contributed by atoms with van der Waals surface area (Å²) >= 11 is 0. The van der Waals surface area contributed by atoms with Gasteiger partial charge in [0.25, 0.3) is 11.9 Å². The molecule has 112 valence electrons. The van der Waals surface area contributed by atoms with Crippen molar-refractivity contribution in [3.8, 4) is 0 Å². The number of hydrogen-bond donors (Lipinski definition) is 1. The van der Waals surface area contributed by atoms with E-state index >= 15 is 0 Å². The molecular weight excluding hydrogens is 288 g/mol. The van der Waals surface area contributed by atoms with Crippen LogP contribution in [0.4, 0.5) is 23.2 Å². The molecule has 2 aromatic rings. The summed E-state index contributed by atoms with van der Waals surface area (Å²) in [5.41, 5.74) is -0.698. The number of rotatable bonds is 2. The lowest BCUT2D eigenvalue weighted by molar-refractivity contribution is 0.398. The summed E-state index contributed by atoms with van der Waals surface area (Å²) in [4.78, 5) is 10.9. The van der Waals surface area contributed by atoms with Gasteiger partial charge in [0.15, 0.2) is 0 Å². The van der Waals surface area contributed by atoms with Gasteiger partial charge in [-0.25, -0.2) is 4.98 Å². The van der Waals surface area contributed by atoms with Crippen LogP contribution < -0.4 is 4.90 Å². The number of nitrogens with one attached hydrogen (secondary N) is 1. The second-order valence-electron chi connectivity index (χ2n) is 4.93. The molecule has 21 heavy (non-hydrogen) atoms. The van der Waals surface area contributed by atoms with Gasteiger partial charge in [0, 0.05) is 31.4 Å². The second-order valence-corrected chi connectivity index (χ2v) is 4.93. The first-order chi connectivity index (χ1) is 10.1. The fourth-order valence-electron chi connectivity index (χ4n) is 2.66. The van der Waals surface area contributed by atoms with Crippen molar-refractivity contribution in [1.82, 2.24) is 15.0 Å². The SMILES string of the molecule is Fc1nc(F)c(F)c(N2CCCC(c3ncc[nH]3)C2)c1F. The third-order valence-corrected chi connectivity index (χ3v) is 3.62. The summed E-state index contributed by atoms with van der Waals surface area (Å²) in [6, 6.07) is 0. The molecule has 0 aliphatic carbocycles. The van der Waals surface area contributed by atoms with Crippen molar-refractivity contribution in [2.45, 2.75) is 18.8 Å². The lowest BCUT2D eigenvalue weighted by Gasteiger charge is -2.33. The van der Waals surface area contributed by atoms with E-state index in [-0.39, 0.29) is 12.5 Å². The van der Waals surface area contributed by atoms with Crippen LogP contribution >= 0.6 is 0 Å². The van der Waals surface area contributed by atoms with Crippen molar-refractivity contribution in [3.63, 3.8) is 0 Å². The minimum absolute atomic E-state index is 0.0770. The average molecular weight is 300 g/mol. The molecular formula is C13H12F4N4. The molecule has 0 spiro atoms. The lowest BCUT2D eigenvalue weighted by atomic mass is 9.97. The normalized spacial score (nSPS) is 19.0. The molecule has 0 bridgehead atoms. The van der Waals surface area contributed by atoms with Gasteiger partial charge in [0.1, 0.15) is 11.5 Å². The first-order valence-electron chi connectivity index (χ1n) is 6.52. The van der Waals surface area contributed by atoms with Crippen molar-refractivity contribution in [1.29, 1.82) is 0 Å². The Morgan fingerprint density at radius 2 is 1.86 bits per heavy atom. The van der Waals surface area contributed by atoms with E-state index in [0.29, 0.717) is 18.8 Å². The van der Waals surface area contributed by atoms with E-state index in [0.717, 1.165) is 6.42 Å². The molecule has 1 saturated heterocycles. The van der Waals surface area contributed by atoms with Gasteiger partial charge in [-0.05, 0) is 12.8 Å². The molecule has 1 aliphatic rings. The Morgan fingerprint density at radius 1 is 1.14 bits per heavy atom. The summed E-state index contributed by atoms with van der Waals surface area (Å²) in [7, 11) is 0. The summed E-state index contributed by atoms with van der Waals surface area (Å²) < 4.78 is 54.0. The van der Waals surface area contributed by atoms with Crippen molar-refractivity contribution in [2.75, 3.05) is 18.0 Å². The van der Waals surface area contributed by atoms with Crippen LogP contribution in [0.5, 0.6) is 0 Å². The standard InChI is InChI=1S/C13H12F4N4/c14-8-10(9(15)12(17)20-11(8)16)21-5-1-2-7(6-21)13-18-3-4-19-13/h3-4,7H,1-2,5-6H2,(H,18,19). The first-order valence-corrected chi connectivity index (χ1v) is 6.52. The summed E-state index contributed by atoms with van der Waals surface area (Å²) in [5.74, 6) is -5.58. The Hall–Kier alpha value is -2.12. The van der Waals surface area contributed by atoms with Gasteiger partial charge >= 0.3 is 0 Å². The van der Waals surface area contributed by atoms with Gasteiger partial charge in [-0.3, -0.25) is 0 Å². The summed E-state index contributed by atoms with van der Waals surface area (Å²) in [6.07, 6.45) is 4.65. The molecule has 1 fully saturated rings. The molecule has 0 radical (unpaired) electrons. The van der Waals surface area contributed by atoms with Crippen LogP contribution in [-0.4, -0.2) is 28.0 Å². The fraction of sp³-hybridized carbons (Fsp3) is 0.385. The predicted molar refractivity (Wildman–Crippen MR) is 66.8 cm³/mol. The van der Waals surface area contributed by atoms with Crippen LogP contribution in [0.25, 0.3) is 0 Å². The van der Waals surface area contributed by atoms with E-state index < -0.39 is 29.2 Å². The van der Waals surface area contributed by atoms with E-state index in [4.69, 9.17) is 0 Å². The predicted octanol–water partition coefficient (Wildman–Crippen LogP) is 2.75. The molecule has 1 N–H and O–H groups in total. The number of halogens is 4. The lowest BCUT2D eigenvalue weighted by Crippen LogP contribution is -2.36. The van der Waals surface area contributed by atoms with Crippen LogP contribution in [0.2, 0.25) is 0 Å². The number of imidazole rings is 1. The minimum atomic E-state index is -1.64. The molecule has 1 aliphatic heterocycles. The maximum Gasteiger partial charge on any atom is 0.253 e. The molecule has 0 aromatic carbocycles. The quantitative estimate of drug-likeness (QED) is 0.685. The molecule has 8 heteroatoms. The zero-order valence-electron chi connectivity index (χ0n) is 10.9. The molecule has 0 saturated carbocycles. The van der Waals surface area contributed by atoms with Crippen molar-refractivity contribution < 1.29 is 17.6 Å². The Morgan fingerprint density at radius 3 is 2.48 bits per heavy atom. The second kappa shape index (κ2) is 5.34. The monoisotopic (exact) mass is 300 g/mol. The number of pyridine rings is 1. The summed E-state index contributed by atoms with van der Waals surface area (Å²) in [5, 5.41) is 0. The Balaban J connectivity index is 1.94. The Bertz CT molecular complexity index is 618. The highest BCUT2D eigenvalue weighted by molar-refractivity contribution is 5.49. The van der Waals surface area contributed by atoms with Gasteiger partial charge in [0.05, 0.1) is 0 Å². The third kappa shape index (κ3) is 2.45. The van der Waals surface area contributed by atoms with E-state index in [9.17, 15) is 17.6 Å². The van der Waals surface area contributed by atoms with Crippen LogP contribution in [0.3, 0.4) is 0 Å². The van der Waals surface area contributed by atoms with E-state index in [2.05, 4.69) is 15.0 Å². The van der Waals surface area contributed by atoms with Crippen LogP contribution in [0, 0.1) is 23.5 Å². The van der Waals surface area contributed by atoms with Crippen molar-refractivity contribution >= 4 is 5.69 Å². The number of anilines is 1. The number of aromatic amines is 1. The van der Waals surface area contributed by atoms with Crippen LogP contribution in [0.1, 0.15) is 24.6 Å². The first kappa shape index (κ1) is 13.8. The molecule has 2 aromatic heterocycles. The highest BCUT2D eigenvalue weighted by atomic mass is 19.2. The fourth-order valence-corrected chi connectivity index (χ4v) is 2.66. The van der Waals surface area contributed by atoms with Gasteiger partial charge in [-0.15, -0.1) is 0 Å². The molecule has 3 rings (SSSR count). The van der Waals surface area contributed by atoms with E-state index in [1.54, 1.807) is 12.4 Å². The van der Waals surface area contributed by atoms with Crippen LogP contribution in [0.15, 0.2) is 12.4 Å². The number of nitrogens with zero attached hydrogens (tertiary/aromatic N) is 3. The third-order valence-electron chi connectivity index (χ3n) is 3.62. The molecule has 1 atom stereocenters. The number of hydrogen-bond acceptors (Lipinski definition) is 3. The largest absolute Gasteiger partial charge is 0.366 e.